The molecule has 14 heavy (non-hydrogen) atoms. The normalized spacial score (nSPS) is 11.1. The number of carboxylic acids is 1. The Hall–Kier alpha value is -2.03. The average molecular weight is 186 g/mol. The van der Waals surface area contributed by atoms with Crippen LogP contribution in [0.5, 0.6) is 0 Å². The van der Waals surface area contributed by atoms with Gasteiger partial charge in [0.25, 0.3) is 0 Å². The summed E-state index contributed by atoms with van der Waals surface area (Å²) in [7, 11) is 0. The Morgan fingerprint density at radius 2 is 2.14 bits per heavy atom. The van der Waals surface area contributed by atoms with E-state index in [4.69, 9.17) is 0 Å². The lowest BCUT2D eigenvalue weighted by Crippen LogP contribution is -2.18. The molecule has 0 atom stereocenters. The molecule has 0 radical (unpaired) electrons. The second-order valence-electron chi connectivity index (χ2n) is 2.94. The molecule has 3 heteroatoms. The summed E-state index contributed by atoms with van der Waals surface area (Å²) in [5.41, 5.74) is 1.84. The Kier molecular flexibility index (Phi) is 2.07. The van der Waals surface area contributed by atoms with Crippen molar-refractivity contribution in [1.82, 2.24) is 4.98 Å². The number of fused-ring (bicyclic) bond motifs is 1. The van der Waals surface area contributed by atoms with Crippen LogP contribution in [0, 0.1) is 0 Å². The van der Waals surface area contributed by atoms with Gasteiger partial charge in [-0.05, 0) is 17.7 Å². The highest BCUT2D eigenvalue weighted by molar-refractivity contribution is 5.92. The number of benzene rings is 1. The maximum atomic E-state index is 10.2. The van der Waals surface area contributed by atoms with Crippen molar-refractivity contribution in [2.24, 2.45) is 0 Å². The lowest BCUT2D eigenvalue weighted by molar-refractivity contribution is -0.297. The van der Waals surface area contributed by atoms with E-state index in [0.717, 1.165) is 22.5 Å². The van der Waals surface area contributed by atoms with Gasteiger partial charge in [-0.3, -0.25) is 0 Å². The van der Waals surface area contributed by atoms with Crippen LogP contribution in [-0.2, 0) is 4.79 Å². The number of aromatic amines is 1. The molecule has 1 N–H and O–H groups in total. The first-order valence-corrected chi connectivity index (χ1v) is 4.22. The molecule has 0 aliphatic rings. The highest BCUT2D eigenvalue weighted by Crippen LogP contribution is 2.18. The van der Waals surface area contributed by atoms with Gasteiger partial charge in [0.2, 0.25) is 0 Å². The molecule has 0 saturated carbocycles. The lowest BCUT2D eigenvalue weighted by atomic mass is 10.1. The molecule has 0 aliphatic carbocycles. The van der Waals surface area contributed by atoms with Gasteiger partial charge in [-0.1, -0.05) is 24.3 Å². The van der Waals surface area contributed by atoms with Gasteiger partial charge < -0.3 is 14.9 Å². The summed E-state index contributed by atoms with van der Waals surface area (Å²) in [6.07, 6.45) is 4.31. The van der Waals surface area contributed by atoms with E-state index in [1.165, 1.54) is 6.08 Å². The molecule has 0 bridgehead atoms. The van der Waals surface area contributed by atoms with Gasteiger partial charge in [0, 0.05) is 17.1 Å². The molecule has 1 heterocycles. The zero-order valence-corrected chi connectivity index (χ0v) is 7.36. The van der Waals surface area contributed by atoms with Crippen LogP contribution in [0.1, 0.15) is 5.56 Å². The van der Waals surface area contributed by atoms with Crippen LogP contribution in [-0.4, -0.2) is 11.0 Å². The molecule has 3 nitrogen and oxygen atoms in total. The minimum atomic E-state index is -1.18. The molecule has 0 saturated heterocycles. The molecule has 0 aliphatic heterocycles. The van der Waals surface area contributed by atoms with E-state index >= 15 is 0 Å². The first-order chi connectivity index (χ1) is 6.77. The van der Waals surface area contributed by atoms with E-state index in [0.29, 0.717) is 0 Å². The highest BCUT2D eigenvalue weighted by Gasteiger charge is 1.97. The number of para-hydroxylation sites is 1. The zero-order chi connectivity index (χ0) is 9.97. The summed E-state index contributed by atoms with van der Waals surface area (Å²) >= 11 is 0. The standard InChI is InChI=1S/C11H9NO2/c13-11(14)6-5-8-7-12-10-4-2-1-3-9(8)10/h1-7,12H,(H,13,14)/p-1/b6-5+. The van der Waals surface area contributed by atoms with E-state index in [1.54, 1.807) is 6.20 Å². The van der Waals surface area contributed by atoms with Gasteiger partial charge in [-0.15, -0.1) is 0 Å². The molecule has 2 rings (SSSR count). The summed E-state index contributed by atoms with van der Waals surface area (Å²) in [6.45, 7) is 0. The molecule has 0 unspecified atom stereocenters. The van der Waals surface area contributed by atoms with Crippen molar-refractivity contribution in [3.63, 3.8) is 0 Å². The van der Waals surface area contributed by atoms with Crippen molar-refractivity contribution < 1.29 is 9.90 Å². The number of hydrogen-bond acceptors (Lipinski definition) is 2. The minimum Gasteiger partial charge on any atom is -0.545 e. The highest BCUT2D eigenvalue weighted by atomic mass is 16.4. The Balaban J connectivity index is 2.48. The Labute approximate surface area is 80.7 Å². The number of aromatic nitrogens is 1. The molecule has 1 aromatic carbocycles. The van der Waals surface area contributed by atoms with Crippen LogP contribution < -0.4 is 5.11 Å². The zero-order valence-electron chi connectivity index (χ0n) is 7.36. The van der Waals surface area contributed by atoms with Gasteiger partial charge in [0.15, 0.2) is 0 Å². The SMILES string of the molecule is O=C([O-])/C=C/c1c[nH]c2ccccc12. The predicted octanol–water partition coefficient (Wildman–Crippen LogP) is 0.931. The van der Waals surface area contributed by atoms with E-state index in [-0.39, 0.29) is 0 Å². The first kappa shape index (κ1) is 8.56. The smallest absolute Gasteiger partial charge is 0.0643 e. The van der Waals surface area contributed by atoms with Crippen LogP contribution in [0.3, 0.4) is 0 Å². The average Bonchev–Trinajstić information content (AvgIpc) is 2.58. The van der Waals surface area contributed by atoms with Gasteiger partial charge in [0.1, 0.15) is 0 Å². The van der Waals surface area contributed by atoms with Crippen molar-refractivity contribution in [2.75, 3.05) is 0 Å². The molecule has 70 valence electrons. The number of carbonyl (C=O) groups is 1. The van der Waals surface area contributed by atoms with Crippen LogP contribution in [0.25, 0.3) is 17.0 Å². The van der Waals surface area contributed by atoms with Crippen molar-refractivity contribution in [3.05, 3.63) is 42.1 Å². The summed E-state index contributed by atoms with van der Waals surface area (Å²) in [6, 6.07) is 7.70. The topological polar surface area (TPSA) is 55.9 Å². The molecule has 0 spiro atoms. The maximum Gasteiger partial charge on any atom is 0.0643 e. The van der Waals surface area contributed by atoms with E-state index in [1.807, 2.05) is 24.3 Å². The van der Waals surface area contributed by atoms with Crippen molar-refractivity contribution in [3.8, 4) is 0 Å². The fraction of sp³-hybridized carbons (Fsp3) is 0. The van der Waals surface area contributed by atoms with Crippen LogP contribution in [0.15, 0.2) is 36.5 Å². The molecular weight excluding hydrogens is 178 g/mol. The number of nitrogens with one attached hydrogen (secondary N) is 1. The predicted molar refractivity (Wildman–Crippen MR) is 52.3 cm³/mol. The Morgan fingerprint density at radius 1 is 1.36 bits per heavy atom. The third-order valence-electron chi connectivity index (χ3n) is 2.02. The molecule has 0 fully saturated rings. The molecule has 0 amide bonds. The quantitative estimate of drug-likeness (QED) is 0.709. The second-order valence-corrected chi connectivity index (χ2v) is 2.94. The summed E-state index contributed by atoms with van der Waals surface area (Å²) < 4.78 is 0. The monoisotopic (exact) mass is 186 g/mol. The number of carboxylic acid groups (broad SMARTS) is 1. The third-order valence-corrected chi connectivity index (χ3v) is 2.02. The lowest BCUT2D eigenvalue weighted by Gasteiger charge is -1.92. The number of aliphatic carboxylic acids is 1. The van der Waals surface area contributed by atoms with Crippen LogP contribution >= 0.6 is 0 Å². The van der Waals surface area contributed by atoms with E-state index < -0.39 is 5.97 Å². The second kappa shape index (κ2) is 3.38. The Morgan fingerprint density at radius 3 is 2.93 bits per heavy atom. The van der Waals surface area contributed by atoms with Gasteiger partial charge in [-0.25, -0.2) is 0 Å². The third kappa shape index (κ3) is 1.52. The van der Waals surface area contributed by atoms with E-state index in [2.05, 4.69) is 4.98 Å². The summed E-state index contributed by atoms with van der Waals surface area (Å²) in [5, 5.41) is 11.2. The van der Waals surface area contributed by atoms with Gasteiger partial charge in [-0.2, -0.15) is 0 Å². The largest absolute Gasteiger partial charge is 0.545 e. The van der Waals surface area contributed by atoms with Crippen molar-refractivity contribution >= 4 is 22.9 Å². The fourth-order valence-electron chi connectivity index (χ4n) is 1.39. The summed E-state index contributed by atoms with van der Waals surface area (Å²) in [5.74, 6) is -1.18. The number of rotatable bonds is 2. The minimum absolute atomic E-state index is 0.852. The van der Waals surface area contributed by atoms with E-state index in [9.17, 15) is 9.90 Å². The Bertz CT molecular complexity index is 497. The number of hydrogen-bond donors (Lipinski definition) is 1. The van der Waals surface area contributed by atoms with Crippen molar-refractivity contribution in [1.29, 1.82) is 0 Å². The fourth-order valence-corrected chi connectivity index (χ4v) is 1.39. The maximum absolute atomic E-state index is 10.2. The molecule has 1 aromatic heterocycles. The first-order valence-electron chi connectivity index (χ1n) is 4.22. The molecular formula is C11H8NO2-. The number of H-pyrrole nitrogens is 1. The molecule has 2 aromatic rings. The van der Waals surface area contributed by atoms with Crippen LogP contribution in [0.2, 0.25) is 0 Å². The van der Waals surface area contributed by atoms with Gasteiger partial charge >= 0.3 is 0 Å². The van der Waals surface area contributed by atoms with Crippen molar-refractivity contribution in [2.45, 2.75) is 0 Å². The summed E-state index contributed by atoms with van der Waals surface area (Å²) in [4.78, 5) is 13.3. The number of carbonyl (C=O) groups excluding carboxylic acids is 1. The van der Waals surface area contributed by atoms with Gasteiger partial charge in [0.05, 0.1) is 5.97 Å². The van der Waals surface area contributed by atoms with Crippen LogP contribution in [0.4, 0.5) is 0 Å².